The van der Waals surface area contributed by atoms with Gasteiger partial charge < -0.3 is 16.0 Å². The van der Waals surface area contributed by atoms with Crippen LogP contribution in [0.15, 0.2) is 35.3 Å². The summed E-state index contributed by atoms with van der Waals surface area (Å²) in [5, 5.41) is 9.52. The topological polar surface area (TPSA) is 65.5 Å². The highest BCUT2D eigenvalue weighted by Crippen LogP contribution is 2.18. The number of guanidine groups is 1. The van der Waals surface area contributed by atoms with Crippen molar-refractivity contribution in [3.8, 4) is 0 Å². The largest absolute Gasteiger partial charge is 0.356 e. The van der Waals surface area contributed by atoms with E-state index in [1.807, 2.05) is 6.07 Å². The molecule has 1 fully saturated rings. The molecule has 1 aromatic rings. The average molecular weight is 430 g/mol. The number of carbonyl (C=O) groups excluding carboxylic acids is 1. The van der Waals surface area contributed by atoms with Gasteiger partial charge >= 0.3 is 0 Å². The van der Waals surface area contributed by atoms with Gasteiger partial charge in [-0.1, -0.05) is 30.3 Å². The summed E-state index contributed by atoms with van der Waals surface area (Å²) in [6.07, 6.45) is 4.64. The third-order valence-corrected chi connectivity index (χ3v) is 3.59. The molecule has 0 heterocycles. The van der Waals surface area contributed by atoms with E-state index in [1.165, 1.54) is 5.56 Å². The zero-order chi connectivity index (χ0) is 15.6. The lowest BCUT2D eigenvalue weighted by Gasteiger charge is -2.11. The number of aliphatic imine (C=N–C) groups is 1. The van der Waals surface area contributed by atoms with Gasteiger partial charge in [-0.3, -0.25) is 9.79 Å². The first-order valence-electron chi connectivity index (χ1n) is 8.06. The molecule has 3 N–H and O–H groups in total. The monoisotopic (exact) mass is 430 g/mol. The van der Waals surface area contributed by atoms with Gasteiger partial charge in [-0.05, 0) is 31.2 Å². The van der Waals surface area contributed by atoms with E-state index >= 15 is 0 Å². The zero-order valence-electron chi connectivity index (χ0n) is 13.7. The molecule has 128 valence electrons. The number of rotatable bonds is 8. The summed E-state index contributed by atoms with van der Waals surface area (Å²) in [4.78, 5) is 15.7. The lowest BCUT2D eigenvalue weighted by atomic mass is 10.1. The molecule has 0 aromatic heterocycles. The number of hydrogen-bond donors (Lipinski definition) is 3. The summed E-state index contributed by atoms with van der Waals surface area (Å²) in [6, 6.07) is 10.8. The maximum atomic E-state index is 11.6. The molecule has 2 rings (SSSR count). The number of carbonyl (C=O) groups is 1. The second-order valence-corrected chi connectivity index (χ2v) is 5.61. The minimum absolute atomic E-state index is 0. The van der Waals surface area contributed by atoms with E-state index in [1.54, 1.807) is 7.05 Å². The molecule has 1 aliphatic rings. The van der Waals surface area contributed by atoms with E-state index in [0.29, 0.717) is 12.5 Å². The molecule has 6 heteroatoms. The highest BCUT2D eigenvalue weighted by Gasteiger charge is 2.22. The molecule has 5 nitrogen and oxygen atoms in total. The van der Waals surface area contributed by atoms with Crippen LogP contribution in [0.2, 0.25) is 0 Å². The smallest absolute Gasteiger partial charge is 0.220 e. The van der Waals surface area contributed by atoms with E-state index in [2.05, 4.69) is 45.2 Å². The number of amides is 1. The van der Waals surface area contributed by atoms with Gasteiger partial charge in [-0.15, -0.1) is 24.0 Å². The Labute approximate surface area is 155 Å². The molecule has 0 saturated heterocycles. The Morgan fingerprint density at radius 3 is 2.52 bits per heavy atom. The first-order valence-corrected chi connectivity index (χ1v) is 8.06. The molecule has 1 aliphatic carbocycles. The van der Waals surface area contributed by atoms with Crippen LogP contribution in [0.5, 0.6) is 0 Å². The Bertz CT molecular complexity index is 489. The molecule has 0 atom stereocenters. The lowest BCUT2D eigenvalue weighted by Crippen LogP contribution is -2.39. The van der Waals surface area contributed by atoms with Crippen molar-refractivity contribution in [2.45, 2.75) is 38.1 Å². The van der Waals surface area contributed by atoms with Crippen LogP contribution in [-0.4, -0.2) is 38.0 Å². The molecular weight excluding hydrogens is 403 g/mol. The molecule has 1 aromatic carbocycles. The Kier molecular flexibility index (Phi) is 9.66. The molecule has 0 bridgehead atoms. The minimum Gasteiger partial charge on any atom is -0.356 e. The van der Waals surface area contributed by atoms with Crippen LogP contribution in [0.4, 0.5) is 0 Å². The van der Waals surface area contributed by atoms with Gasteiger partial charge in [0.15, 0.2) is 5.96 Å². The maximum Gasteiger partial charge on any atom is 0.220 e. The van der Waals surface area contributed by atoms with E-state index in [9.17, 15) is 4.79 Å². The molecule has 1 saturated carbocycles. The molecule has 0 unspecified atom stereocenters. The lowest BCUT2D eigenvalue weighted by molar-refractivity contribution is -0.121. The second kappa shape index (κ2) is 11.3. The Morgan fingerprint density at radius 2 is 1.87 bits per heavy atom. The second-order valence-electron chi connectivity index (χ2n) is 5.61. The number of halogens is 1. The van der Waals surface area contributed by atoms with Crippen molar-refractivity contribution in [3.63, 3.8) is 0 Å². The normalized spacial score (nSPS) is 13.9. The van der Waals surface area contributed by atoms with Crippen molar-refractivity contribution in [3.05, 3.63) is 35.9 Å². The van der Waals surface area contributed by atoms with Crippen molar-refractivity contribution in [2.75, 3.05) is 20.1 Å². The minimum atomic E-state index is 0. The van der Waals surface area contributed by atoms with E-state index in [-0.39, 0.29) is 29.9 Å². The van der Waals surface area contributed by atoms with Gasteiger partial charge in [0.05, 0.1) is 0 Å². The fourth-order valence-corrected chi connectivity index (χ4v) is 2.17. The standard InChI is InChI=1S/C17H26N4O.HI/c1-18-17(20-13-11-14-6-3-2-4-7-14)19-12-5-8-16(22)21-15-9-10-15;/h2-4,6-7,15H,5,8-13H2,1H3,(H,21,22)(H2,18,19,20);1H. The van der Waals surface area contributed by atoms with E-state index < -0.39 is 0 Å². The van der Waals surface area contributed by atoms with Crippen molar-refractivity contribution >= 4 is 35.8 Å². The van der Waals surface area contributed by atoms with Gasteiger partial charge in [0.25, 0.3) is 0 Å². The predicted molar refractivity (Wildman–Crippen MR) is 105 cm³/mol. The van der Waals surface area contributed by atoms with Crippen LogP contribution in [-0.2, 0) is 11.2 Å². The molecular formula is C17H27IN4O. The number of nitrogens with one attached hydrogen (secondary N) is 3. The molecule has 0 aliphatic heterocycles. The fraction of sp³-hybridized carbons (Fsp3) is 0.529. The summed E-state index contributed by atoms with van der Waals surface area (Å²) in [6.45, 7) is 1.59. The summed E-state index contributed by atoms with van der Waals surface area (Å²) in [7, 11) is 1.76. The quantitative estimate of drug-likeness (QED) is 0.256. The van der Waals surface area contributed by atoms with Crippen molar-refractivity contribution < 1.29 is 4.79 Å². The predicted octanol–water partition coefficient (Wildman–Crippen LogP) is 2.07. The van der Waals surface area contributed by atoms with Crippen molar-refractivity contribution in [2.24, 2.45) is 4.99 Å². The van der Waals surface area contributed by atoms with E-state index in [4.69, 9.17) is 0 Å². The van der Waals surface area contributed by atoms with Crippen LogP contribution in [0.1, 0.15) is 31.2 Å². The highest BCUT2D eigenvalue weighted by atomic mass is 127. The van der Waals surface area contributed by atoms with Crippen LogP contribution in [0.25, 0.3) is 0 Å². The SMILES string of the molecule is CN=C(NCCCC(=O)NC1CC1)NCCc1ccccc1.I. The summed E-state index contributed by atoms with van der Waals surface area (Å²) in [5.74, 6) is 0.954. The van der Waals surface area contributed by atoms with Gasteiger partial charge in [-0.25, -0.2) is 0 Å². The zero-order valence-corrected chi connectivity index (χ0v) is 16.0. The number of benzene rings is 1. The first kappa shape index (κ1) is 19.7. The Hall–Kier alpha value is -1.31. The van der Waals surface area contributed by atoms with E-state index in [0.717, 1.165) is 44.7 Å². The summed E-state index contributed by atoms with van der Waals surface area (Å²) < 4.78 is 0. The summed E-state index contributed by atoms with van der Waals surface area (Å²) in [5.41, 5.74) is 1.31. The Morgan fingerprint density at radius 1 is 1.17 bits per heavy atom. The fourth-order valence-electron chi connectivity index (χ4n) is 2.17. The van der Waals surface area contributed by atoms with Gasteiger partial charge in [0, 0.05) is 32.6 Å². The van der Waals surface area contributed by atoms with Crippen molar-refractivity contribution in [1.29, 1.82) is 0 Å². The number of hydrogen-bond acceptors (Lipinski definition) is 2. The maximum absolute atomic E-state index is 11.6. The van der Waals surface area contributed by atoms with Gasteiger partial charge in [-0.2, -0.15) is 0 Å². The first-order chi connectivity index (χ1) is 10.8. The third kappa shape index (κ3) is 8.78. The highest BCUT2D eigenvalue weighted by molar-refractivity contribution is 14.0. The molecule has 23 heavy (non-hydrogen) atoms. The van der Waals surface area contributed by atoms with Crippen LogP contribution in [0, 0.1) is 0 Å². The third-order valence-electron chi connectivity index (χ3n) is 3.59. The van der Waals surface area contributed by atoms with Gasteiger partial charge in [0.2, 0.25) is 5.91 Å². The van der Waals surface area contributed by atoms with Crippen LogP contribution >= 0.6 is 24.0 Å². The van der Waals surface area contributed by atoms with Crippen LogP contribution < -0.4 is 16.0 Å². The van der Waals surface area contributed by atoms with Crippen molar-refractivity contribution in [1.82, 2.24) is 16.0 Å². The molecule has 1 amide bonds. The molecule has 0 radical (unpaired) electrons. The number of nitrogens with zero attached hydrogens (tertiary/aromatic N) is 1. The van der Waals surface area contributed by atoms with Gasteiger partial charge in [0.1, 0.15) is 0 Å². The molecule has 0 spiro atoms. The van der Waals surface area contributed by atoms with Crippen LogP contribution in [0.3, 0.4) is 0 Å². The average Bonchev–Trinajstić information content (AvgIpc) is 3.34. The Balaban J connectivity index is 0.00000264. The summed E-state index contributed by atoms with van der Waals surface area (Å²) >= 11 is 0.